The summed E-state index contributed by atoms with van der Waals surface area (Å²) in [6.07, 6.45) is 0. The van der Waals surface area contributed by atoms with Crippen molar-refractivity contribution in [2.75, 3.05) is 16.9 Å². The molecule has 1 aromatic heterocycles. The minimum absolute atomic E-state index is 0.00769. The first-order chi connectivity index (χ1) is 14.8. The molecule has 4 rings (SSSR count). The van der Waals surface area contributed by atoms with Crippen molar-refractivity contribution >= 4 is 29.3 Å². The standard InChI is InChI=1S/C22H22FN5O2S/c1-13-4-7-17(10-14(13)2)25-21(29)19-11-31-12-27(19)22(30)20-24-15(3)28(26-20)18-8-5-16(23)6-9-18/h4-10,19H,11-12H2,1-3H3,(H,25,29). The van der Waals surface area contributed by atoms with Crippen LogP contribution in [0, 0.1) is 26.6 Å². The number of rotatable bonds is 4. The Kier molecular flexibility index (Phi) is 5.77. The number of anilines is 1. The van der Waals surface area contributed by atoms with Gasteiger partial charge in [-0.1, -0.05) is 6.07 Å². The summed E-state index contributed by atoms with van der Waals surface area (Å²) in [7, 11) is 0. The number of carbonyl (C=O) groups is 2. The first-order valence-corrected chi connectivity index (χ1v) is 11.0. The minimum Gasteiger partial charge on any atom is -0.324 e. The van der Waals surface area contributed by atoms with Crippen LogP contribution in [-0.2, 0) is 4.79 Å². The lowest BCUT2D eigenvalue weighted by Gasteiger charge is -2.22. The second-order valence-corrected chi connectivity index (χ2v) is 8.45. The van der Waals surface area contributed by atoms with E-state index in [-0.39, 0.29) is 17.5 Å². The van der Waals surface area contributed by atoms with E-state index in [0.717, 1.165) is 11.1 Å². The van der Waals surface area contributed by atoms with Crippen LogP contribution in [0.2, 0.25) is 0 Å². The quantitative estimate of drug-likeness (QED) is 0.673. The Morgan fingerprint density at radius 3 is 2.55 bits per heavy atom. The topological polar surface area (TPSA) is 80.1 Å². The molecular weight excluding hydrogens is 417 g/mol. The summed E-state index contributed by atoms with van der Waals surface area (Å²) < 4.78 is 14.7. The molecule has 1 N–H and O–H groups in total. The second-order valence-electron chi connectivity index (χ2n) is 7.45. The van der Waals surface area contributed by atoms with Crippen LogP contribution >= 0.6 is 11.8 Å². The van der Waals surface area contributed by atoms with Gasteiger partial charge in [-0.3, -0.25) is 9.59 Å². The van der Waals surface area contributed by atoms with Crippen molar-refractivity contribution < 1.29 is 14.0 Å². The van der Waals surface area contributed by atoms with Crippen molar-refractivity contribution in [2.45, 2.75) is 26.8 Å². The molecule has 0 aliphatic carbocycles. The van der Waals surface area contributed by atoms with E-state index in [2.05, 4.69) is 15.4 Å². The van der Waals surface area contributed by atoms with Crippen molar-refractivity contribution in [3.8, 4) is 5.69 Å². The molecule has 9 heteroatoms. The third kappa shape index (κ3) is 4.32. The highest BCUT2D eigenvalue weighted by atomic mass is 32.2. The molecule has 1 atom stereocenters. The number of hydrogen-bond donors (Lipinski definition) is 1. The van der Waals surface area contributed by atoms with Gasteiger partial charge in [-0.05, 0) is 68.3 Å². The molecule has 0 spiro atoms. The molecule has 1 unspecified atom stereocenters. The third-order valence-electron chi connectivity index (χ3n) is 5.25. The van der Waals surface area contributed by atoms with Crippen molar-refractivity contribution in [3.05, 3.63) is 71.1 Å². The van der Waals surface area contributed by atoms with Gasteiger partial charge in [0.25, 0.3) is 5.91 Å². The van der Waals surface area contributed by atoms with Crippen LogP contribution in [0.4, 0.5) is 10.1 Å². The highest BCUT2D eigenvalue weighted by Crippen LogP contribution is 2.24. The van der Waals surface area contributed by atoms with E-state index in [9.17, 15) is 14.0 Å². The van der Waals surface area contributed by atoms with Crippen LogP contribution in [0.25, 0.3) is 5.69 Å². The number of hydrogen-bond acceptors (Lipinski definition) is 5. The first kappa shape index (κ1) is 21.0. The maximum absolute atomic E-state index is 13.2. The van der Waals surface area contributed by atoms with Crippen LogP contribution in [0.1, 0.15) is 27.6 Å². The molecule has 1 aliphatic heterocycles. The van der Waals surface area contributed by atoms with Gasteiger partial charge in [-0.15, -0.1) is 16.9 Å². The smallest absolute Gasteiger partial charge is 0.294 e. The predicted octanol–water partition coefficient (Wildman–Crippen LogP) is 3.49. The molecule has 0 radical (unpaired) electrons. The summed E-state index contributed by atoms with van der Waals surface area (Å²) >= 11 is 1.51. The van der Waals surface area contributed by atoms with Gasteiger partial charge in [0.15, 0.2) is 0 Å². The van der Waals surface area contributed by atoms with Crippen molar-refractivity contribution in [1.29, 1.82) is 0 Å². The van der Waals surface area contributed by atoms with Crippen LogP contribution in [-0.4, -0.2) is 49.2 Å². The zero-order valence-electron chi connectivity index (χ0n) is 17.4. The van der Waals surface area contributed by atoms with E-state index in [1.54, 1.807) is 19.1 Å². The number of carbonyl (C=O) groups excluding carboxylic acids is 2. The molecule has 1 aliphatic rings. The summed E-state index contributed by atoms with van der Waals surface area (Å²) in [5.41, 5.74) is 3.53. The maximum atomic E-state index is 13.2. The Labute approximate surface area is 183 Å². The molecule has 160 valence electrons. The summed E-state index contributed by atoms with van der Waals surface area (Å²) in [6.45, 7) is 5.71. The van der Waals surface area contributed by atoms with Crippen LogP contribution < -0.4 is 5.32 Å². The Balaban J connectivity index is 1.52. The third-order valence-corrected chi connectivity index (χ3v) is 6.26. The molecule has 0 saturated carbocycles. The zero-order valence-corrected chi connectivity index (χ0v) is 18.2. The lowest BCUT2D eigenvalue weighted by atomic mass is 10.1. The zero-order chi connectivity index (χ0) is 22.1. The van der Waals surface area contributed by atoms with Gasteiger partial charge in [0.2, 0.25) is 11.7 Å². The highest BCUT2D eigenvalue weighted by Gasteiger charge is 2.37. The Morgan fingerprint density at radius 2 is 1.84 bits per heavy atom. The number of thioether (sulfide) groups is 1. The van der Waals surface area contributed by atoms with Crippen molar-refractivity contribution in [2.24, 2.45) is 0 Å². The van der Waals surface area contributed by atoms with E-state index >= 15 is 0 Å². The summed E-state index contributed by atoms with van der Waals surface area (Å²) in [5.74, 6) is 0.384. The average molecular weight is 440 g/mol. The number of amides is 2. The molecule has 3 aromatic rings. The first-order valence-electron chi connectivity index (χ1n) is 9.80. The monoisotopic (exact) mass is 439 g/mol. The minimum atomic E-state index is -0.614. The number of aromatic nitrogens is 3. The molecule has 31 heavy (non-hydrogen) atoms. The predicted molar refractivity (Wildman–Crippen MR) is 118 cm³/mol. The van der Waals surface area contributed by atoms with Crippen LogP contribution in [0.3, 0.4) is 0 Å². The van der Waals surface area contributed by atoms with Gasteiger partial charge in [-0.2, -0.15) is 0 Å². The molecule has 7 nitrogen and oxygen atoms in total. The Morgan fingerprint density at radius 1 is 1.10 bits per heavy atom. The maximum Gasteiger partial charge on any atom is 0.294 e. The average Bonchev–Trinajstić information content (AvgIpc) is 3.38. The molecule has 1 fully saturated rings. The van der Waals surface area contributed by atoms with E-state index in [0.29, 0.717) is 28.8 Å². The second kappa shape index (κ2) is 8.50. The fourth-order valence-corrected chi connectivity index (χ4v) is 4.49. The molecule has 2 heterocycles. The SMILES string of the molecule is Cc1ccc(NC(=O)C2CSCN2C(=O)c2nc(C)n(-c3ccc(F)cc3)n2)cc1C. The number of nitrogens with one attached hydrogen (secondary N) is 1. The number of benzene rings is 2. The molecular formula is C22H22FN5O2S. The molecule has 2 amide bonds. The van der Waals surface area contributed by atoms with E-state index in [4.69, 9.17) is 0 Å². The fourth-order valence-electron chi connectivity index (χ4n) is 3.34. The van der Waals surface area contributed by atoms with E-state index in [1.165, 1.54) is 33.5 Å². The highest BCUT2D eigenvalue weighted by molar-refractivity contribution is 7.99. The summed E-state index contributed by atoms with van der Waals surface area (Å²) in [4.78, 5) is 31.8. The van der Waals surface area contributed by atoms with Gasteiger partial charge < -0.3 is 10.2 Å². The van der Waals surface area contributed by atoms with Crippen molar-refractivity contribution in [3.63, 3.8) is 0 Å². The Hall–Kier alpha value is -3.20. The van der Waals surface area contributed by atoms with Gasteiger partial charge in [0.05, 0.1) is 11.6 Å². The van der Waals surface area contributed by atoms with Gasteiger partial charge in [0, 0.05) is 11.4 Å². The van der Waals surface area contributed by atoms with Crippen LogP contribution in [0.15, 0.2) is 42.5 Å². The number of nitrogens with zero attached hydrogens (tertiary/aromatic N) is 4. The normalized spacial score (nSPS) is 15.9. The van der Waals surface area contributed by atoms with Gasteiger partial charge in [-0.25, -0.2) is 14.1 Å². The fraction of sp³-hybridized carbons (Fsp3) is 0.273. The van der Waals surface area contributed by atoms with E-state index in [1.807, 2.05) is 32.0 Å². The van der Waals surface area contributed by atoms with Crippen molar-refractivity contribution in [1.82, 2.24) is 19.7 Å². The number of aryl methyl sites for hydroxylation is 3. The number of halogens is 1. The van der Waals surface area contributed by atoms with Gasteiger partial charge >= 0.3 is 0 Å². The molecule has 0 bridgehead atoms. The Bertz CT molecular complexity index is 1150. The largest absolute Gasteiger partial charge is 0.324 e. The molecule has 2 aromatic carbocycles. The summed E-state index contributed by atoms with van der Waals surface area (Å²) in [5, 5.41) is 7.21. The lowest BCUT2D eigenvalue weighted by molar-refractivity contribution is -0.119. The van der Waals surface area contributed by atoms with E-state index < -0.39 is 11.9 Å². The summed E-state index contributed by atoms with van der Waals surface area (Å²) in [6, 6.07) is 10.9. The van der Waals surface area contributed by atoms with Crippen LogP contribution in [0.5, 0.6) is 0 Å². The molecule has 1 saturated heterocycles. The lowest BCUT2D eigenvalue weighted by Crippen LogP contribution is -2.44. The van der Waals surface area contributed by atoms with Gasteiger partial charge in [0.1, 0.15) is 17.7 Å².